The van der Waals surface area contributed by atoms with Gasteiger partial charge in [-0.2, -0.15) is 0 Å². The van der Waals surface area contributed by atoms with Gasteiger partial charge in [0.05, 0.1) is 10.8 Å². The Hall–Kier alpha value is -0.680. The first-order valence-electron chi connectivity index (χ1n) is 3.95. The maximum atomic E-state index is 10.7. The number of carbonyl (C=O) groups excluding carboxylic acids is 1. The molecule has 1 aromatic rings. The number of ether oxygens (including phenoxy) is 1. The molecule has 13 heavy (non-hydrogen) atoms. The number of thioether (sulfide) groups is 1. The maximum Gasteiger partial charge on any atom is 0.407 e. The van der Waals surface area contributed by atoms with E-state index < -0.39 is 0 Å². The summed E-state index contributed by atoms with van der Waals surface area (Å²) in [6.45, 7) is 0.636. The van der Waals surface area contributed by atoms with Crippen LogP contribution in [0.3, 0.4) is 0 Å². The van der Waals surface area contributed by atoms with E-state index in [4.69, 9.17) is 4.74 Å². The largest absolute Gasteiger partial charge is 0.443 e. The van der Waals surface area contributed by atoms with Gasteiger partial charge in [-0.1, -0.05) is 6.07 Å². The van der Waals surface area contributed by atoms with Crippen LogP contribution in [0.2, 0.25) is 0 Å². The summed E-state index contributed by atoms with van der Waals surface area (Å²) in [4.78, 5) is 10.7. The first-order chi connectivity index (χ1) is 6.34. The van der Waals surface area contributed by atoms with Gasteiger partial charge < -0.3 is 10.1 Å². The molecule has 1 aromatic heterocycles. The molecule has 0 spiro atoms. The van der Waals surface area contributed by atoms with Crippen molar-refractivity contribution < 1.29 is 9.53 Å². The molecule has 70 valence electrons. The Kier molecular flexibility index (Phi) is 2.75. The van der Waals surface area contributed by atoms with E-state index in [1.807, 2.05) is 11.4 Å². The quantitative estimate of drug-likeness (QED) is 0.783. The first kappa shape index (κ1) is 8.90. The number of thiophene rings is 1. The highest BCUT2D eigenvalue weighted by Crippen LogP contribution is 2.24. The summed E-state index contributed by atoms with van der Waals surface area (Å²) in [7, 11) is 0. The molecule has 0 saturated carbocycles. The van der Waals surface area contributed by atoms with Crippen LogP contribution in [0.5, 0.6) is 0 Å². The highest BCUT2D eigenvalue weighted by atomic mass is 32.2. The SMILES string of the molecule is O=C1NCC(CSc2cccs2)O1. The third-order valence-corrected chi connectivity index (χ3v) is 3.92. The monoisotopic (exact) mass is 215 g/mol. The third-order valence-electron chi connectivity index (χ3n) is 1.65. The predicted molar refractivity (Wildman–Crippen MR) is 53.3 cm³/mol. The molecule has 3 nitrogen and oxygen atoms in total. The summed E-state index contributed by atoms with van der Waals surface area (Å²) in [5.74, 6) is 0.833. The fourth-order valence-corrected chi connectivity index (χ4v) is 2.85. The molecule has 2 rings (SSSR count). The molecule has 1 atom stereocenters. The van der Waals surface area contributed by atoms with Crippen LogP contribution in [0.15, 0.2) is 21.7 Å². The van der Waals surface area contributed by atoms with Crippen molar-refractivity contribution in [2.24, 2.45) is 0 Å². The lowest BCUT2D eigenvalue weighted by molar-refractivity contribution is 0.150. The fourth-order valence-electron chi connectivity index (χ4n) is 1.05. The number of nitrogens with one attached hydrogen (secondary N) is 1. The van der Waals surface area contributed by atoms with Gasteiger partial charge in [-0.25, -0.2) is 4.79 Å². The van der Waals surface area contributed by atoms with Crippen LogP contribution in [0, 0.1) is 0 Å². The Morgan fingerprint density at radius 1 is 1.77 bits per heavy atom. The Morgan fingerprint density at radius 3 is 3.31 bits per heavy atom. The van der Waals surface area contributed by atoms with Gasteiger partial charge in [0.15, 0.2) is 0 Å². The fraction of sp³-hybridized carbons (Fsp3) is 0.375. The van der Waals surface area contributed by atoms with Crippen molar-refractivity contribution in [3.05, 3.63) is 17.5 Å². The van der Waals surface area contributed by atoms with Crippen LogP contribution < -0.4 is 5.32 Å². The second-order valence-electron chi connectivity index (χ2n) is 2.65. The van der Waals surface area contributed by atoms with Crippen molar-refractivity contribution >= 4 is 29.2 Å². The van der Waals surface area contributed by atoms with Gasteiger partial charge in [0, 0.05) is 5.75 Å². The lowest BCUT2D eigenvalue weighted by atomic mass is 10.4. The van der Waals surface area contributed by atoms with Crippen LogP contribution in [-0.4, -0.2) is 24.5 Å². The molecule has 1 aliphatic rings. The topological polar surface area (TPSA) is 38.3 Å². The van der Waals surface area contributed by atoms with Crippen molar-refractivity contribution in [2.75, 3.05) is 12.3 Å². The van der Waals surface area contributed by atoms with Crippen molar-refractivity contribution in [1.82, 2.24) is 5.32 Å². The molecule has 0 bridgehead atoms. The van der Waals surface area contributed by atoms with E-state index in [-0.39, 0.29) is 12.2 Å². The van der Waals surface area contributed by atoms with Gasteiger partial charge in [0.25, 0.3) is 0 Å². The average molecular weight is 215 g/mol. The van der Waals surface area contributed by atoms with Crippen molar-refractivity contribution in [2.45, 2.75) is 10.3 Å². The van der Waals surface area contributed by atoms with E-state index in [1.165, 1.54) is 4.21 Å². The van der Waals surface area contributed by atoms with Gasteiger partial charge in [0.2, 0.25) is 0 Å². The average Bonchev–Trinajstić information content (AvgIpc) is 2.71. The highest BCUT2D eigenvalue weighted by Gasteiger charge is 2.22. The predicted octanol–water partition coefficient (Wildman–Crippen LogP) is 1.95. The number of cyclic esters (lactones) is 1. The van der Waals surface area contributed by atoms with Crippen molar-refractivity contribution in [3.63, 3.8) is 0 Å². The molecule has 1 saturated heterocycles. The van der Waals surface area contributed by atoms with E-state index in [2.05, 4.69) is 11.4 Å². The van der Waals surface area contributed by atoms with E-state index in [0.29, 0.717) is 6.54 Å². The Balaban J connectivity index is 1.77. The summed E-state index contributed by atoms with van der Waals surface area (Å²) >= 11 is 3.44. The molecule has 1 N–H and O–H groups in total. The Labute approximate surface area is 84.5 Å². The summed E-state index contributed by atoms with van der Waals surface area (Å²) in [6, 6.07) is 4.09. The molecular formula is C8H9NO2S2. The van der Waals surface area contributed by atoms with E-state index in [0.717, 1.165) is 5.75 Å². The molecule has 0 aliphatic carbocycles. The standard InChI is InChI=1S/C8H9NO2S2/c10-8-9-4-6(11-8)5-13-7-2-1-3-12-7/h1-3,6H,4-5H2,(H,9,10). The zero-order valence-corrected chi connectivity index (χ0v) is 8.49. The number of alkyl carbamates (subject to hydrolysis) is 1. The van der Waals surface area contributed by atoms with E-state index >= 15 is 0 Å². The van der Waals surface area contributed by atoms with Gasteiger partial charge >= 0.3 is 6.09 Å². The molecule has 1 aliphatic heterocycles. The molecule has 1 fully saturated rings. The first-order valence-corrected chi connectivity index (χ1v) is 5.82. The number of amides is 1. The number of hydrogen-bond donors (Lipinski definition) is 1. The smallest absolute Gasteiger partial charge is 0.407 e. The van der Waals surface area contributed by atoms with Gasteiger partial charge in [0.1, 0.15) is 6.10 Å². The molecule has 0 radical (unpaired) electrons. The summed E-state index contributed by atoms with van der Waals surface area (Å²) in [5.41, 5.74) is 0. The summed E-state index contributed by atoms with van der Waals surface area (Å²) in [6.07, 6.45) is -0.267. The molecule has 1 amide bonds. The van der Waals surface area contributed by atoms with Gasteiger partial charge in [-0.15, -0.1) is 23.1 Å². The third kappa shape index (κ3) is 2.38. The number of carbonyl (C=O) groups is 1. The van der Waals surface area contributed by atoms with Gasteiger partial charge in [-0.3, -0.25) is 0 Å². The molecule has 1 unspecified atom stereocenters. The Morgan fingerprint density at radius 2 is 2.69 bits per heavy atom. The highest BCUT2D eigenvalue weighted by molar-refractivity contribution is 8.01. The maximum absolute atomic E-state index is 10.7. The van der Waals surface area contributed by atoms with Crippen LogP contribution in [0.4, 0.5) is 4.79 Å². The van der Waals surface area contributed by atoms with Crippen molar-refractivity contribution in [3.8, 4) is 0 Å². The van der Waals surface area contributed by atoms with Gasteiger partial charge in [-0.05, 0) is 11.4 Å². The zero-order valence-electron chi connectivity index (χ0n) is 6.86. The summed E-state index contributed by atoms with van der Waals surface area (Å²) in [5, 5.41) is 4.67. The molecule has 2 heterocycles. The van der Waals surface area contributed by atoms with E-state index in [1.54, 1.807) is 23.1 Å². The number of rotatable bonds is 3. The minimum atomic E-state index is -0.295. The Bertz CT molecular complexity index is 286. The molecule has 5 heteroatoms. The van der Waals surface area contributed by atoms with Crippen LogP contribution in [0.1, 0.15) is 0 Å². The molecular weight excluding hydrogens is 206 g/mol. The van der Waals surface area contributed by atoms with Crippen LogP contribution >= 0.6 is 23.1 Å². The lowest BCUT2D eigenvalue weighted by Gasteiger charge is -2.04. The number of hydrogen-bond acceptors (Lipinski definition) is 4. The van der Waals surface area contributed by atoms with E-state index in [9.17, 15) is 4.79 Å². The second kappa shape index (κ2) is 4.02. The lowest BCUT2D eigenvalue weighted by Crippen LogP contribution is -2.16. The summed E-state index contributed by atoms with van der Waals surface area (Å²) < 4.78 is 6.26. The molecule has 0 aromatic carbocycles. The normalized spacial score (nSPS) is 21.2. The zero-order chi connectivity index (χ0) is 9.10. The van der Waals surface area contributed by atoms with Crippen molar-refractivity contribution in [1.29, 1.82) is 0 Å². The minimum absolute atomic E-state index is 0.0274. The minimum Gasteiger partial charge on any atom is -0.443 e. The van der Waals surface area contributed by atoms with Crippen LogP contribution in [-0.2, 0) is 4.74 Å². The second-order valence-corrected chi connectivity index (χ2v) is 4.92. The van der Waals surface area contributed by atoms with Crippen LogP contribution in [0.25, 0.3) is 0 Å².